The average Bonchev–Trinajstić information content (AvgIpc) is 2.67. The SMILES string of the molecule is Cc1cc2nc(CC(C)C)n(CC(C)C(N)=S)c2cc1C. The Bertz CT molecular complexity index is 670. The molecule has 0 aliphatic carbocycles. The summed E-state index contributed by atoms with van der Waals surface area (Å²) in [7, 11) is 0. The molecule has 0 radical (unpaired) electrons. The van der Waals surface area contributed by atoms with E-state index in [2.05, 4.69) is 51.3 Å². The van der Waals surface area contributed by atoms with Crippen LogP contribution in [0.1, 0.15) is 37.7 Å². The van der Waals surface area contributed by atoms with Crippen molar-refractivity contribution in [2.24, 2.45) is 17.6 Å². The third-order valence-electron chi connectivity index (χ3n) is 3.98. The Hall–Kier alpha value is -1.42. The predicted molar refractivity (Wildman–Crippen MR) is 93.7 cm³/mol. The third-order valence-corrected chi connectivity index (χ3v) is 4.38. The van der Waals surface area contributed by atoms with Gasteiger partial charge in [-0.1, -0.05) is 33.0 Å². The topological polar surface area (TPSA) is 43.8 Å². The molecule has 0 fully saturated rings. The standard InChI is InChI=1S/C17H25N3S/c1-10(2)6-16-19-14-7-11(3)12(4)8-15(14)20(16)9-13(5)17(18)21/h7-8,10,13H,6,9H2,1-5H3,(H2,18,21). The van der Waals surface area contributed by atoms with Gasteiger partial charge in [0.25, 0.3) is 0 Å². The van der Waals surface area contributed by atoms with Crippen molar-refractivity contribution >= 4 is 28.2 Å². The van der Waals surface area contributed by atoms with Gasteiger partial charge in [-0.2, -0.15) is 0 Å². The van der Waals surface area contributed by atoms with Gasteiger partial charge in [-0.15, -0.1) is 0 Å². The molecule has 0 aliphatic heterocycles. The Labute approximate surface area is 132 Å². The fourth-order valence-corrected chi connectivity index (χ4v) is 2.59. The Morgan fingerprint density at radius 1 is 1.24 bits per heavy atom. The second-order valence-corrected chi connectivity index (χ2v) is 6.94. The molecule has 0 saturated heterocycles. The van der Waals surface area contributed by atoms with Crippen LogP contribution < -0.4 is 5.73 Å². The molecule has 2 N–H and O–H groups in total. The average molecular weight is 303 g/mol. The fourth-order valence-electron chi connectivity index (χ4n) is 2.52. The minimum atomic E-state index is 0.171. The maximum atomic E-state index is 5.80. The highest BCUT2D eigenvalue weighted by Crippen LogP contribution is 2.23. The molecule has 114 valence electrons. The van der Waals surface area contributed by atoms with Crippen molar-refractivity contribution in [2.45, 2.75) is 47.6 Å². The predicted octanol–water partition coefficient (Wildman–Crippen LogP) is 3.77. The van der Waals surface area contributed by atoms with Crippen molar-refractivity contribution in [2.75, 3.05) is 0 Å². The van der Waals surface area contributed by atoms with Gasteiger partial charge in [-0.05, 0) is 43.0 Å². The van der Waals surface area contributed by atoms with Crippen molar-refractivity contribution in [3.63, 3.8) is 0 Å². The molecule has 21 heavy (non-hydrogen) atoms. The zero-order chi connectivity index (χ0) is 15.7. The van der Waals surface area contributed by atoms with Crippen LogP contribution in [0.15, 0.2) is 12.1 Å². The number of hydrogen-bond acceptors (Lipinski definition) is 2. The molecule has 1 aromatic carbocycles. The highest BCUT2D eigenvalue weighted by molar-refractivity contribution is 7.80. The van der Waals surface area contributed by atoms with E-state index in [4.69, 9.17) is 22.9 Å². The highest BCUT2D eigenvalue weighted by Gasteiger charge is 2.16. The van der Waals surface area contributed by atoms with Crippen LogP contribution in [0.5, 0.6) is 0 Å². The summed E-state index contributed by atoms with van der Waals surface area (Å²) in [5.41, 5.74) is 10.6. The van der Waals surface area contributed by atoms with Crippen LogP contribution in [0.25, 0.3) is 11.0 Å². The van der Waals surface area contributed by atoms with Gasteiger partial charge in [0.15, 0.2) is 0 Å². The lowest BCUT2D eigenvalue weighted by Crippen LogP contribution is -2.24. The second-order valence-electron chi connectivity index (χ2n) is 6.47. The highest BCUT2D eigenvalue weighted by atomic mass is 32.1. The molecule has 0 saturated carbocycles. The first-order valence-electron chi connectivity index (χ1n) is 7.55. The molecule has 1 heterocycles. The number of hydrogen-bond donors (Lipinski definition) is 1. The molecule has 0 spiro atoms. The summed E-state index contributed by atoms with van der Waals surface area (Å²) in [4.78, 5) is 5.41. The van der Waals surface area contributed by atoms with E-state index in [1.165, 1.54) is 16.6 Å². The largest absolute Gasteiger partial charge is 0.393 e. The van der Waals surface area contributed by atoms with Crippen LogP contribution in [0.3, 0.4) is 0 Å². The number of fused-ring (bicyclic) bond motifs is 1. The van der Waals surface area contributed by atoms with Crippen LogP contribution in [-0.4, -0.2) is 14.5 Å². The lowest BCUT2D eigenvalue weighted by atomic mass is 10.1. The van der Waals surface area contributed by atoms with E-state index in [0.717, 1.165) is 24.3 Å². The molecule has 1 atom stereocenters. The van der Waals surface area contributed by atoms with Crippen molar-refractivity contribution in [3.05, 3.63) is 29.1 Å². The molecule has 0 amide bonds. The van der Waals surface area contributed by atoms with Gasteiger partial charge >= 0.3 is 0 Å². The second kappa shape index (κ2) is 6.14. The molecular formula is C17H25N3S. The minimum Gasteiger partial charge on any atom is -0.393 e. The zero-order valence-corrected chi connectivity index (χ0v) is 14.4. The van der Waals surface area contributed by atoms with E-state index in [9.17, 15) is 0 Å². The first kappa shape index (κ1) is 16.0. The first-order chi connectivity index (χ1) is 9.79. The quantitative estimate of drug-likeness (QED) is 0.855. The molecule has 0 bridgehead atoms. The minimum absolute atomic E-state index is 0.171. The molecule has 2 aromatic rings. The van der Waals surface area contributed by atoms with Gasteiger partial charge in [-0.25, -0.2) is 4.98 Å². The van der Waals surface area contributed by atoms with E-state index >= 15 is 0 Å². The number of rotatable bonds is 5. The number of benzene rings is 1. The van der Waals surface area contributed by atoms with E-state index in [-0.39, 0.29) is 5.92 Å². The van der Waals surface area contributed by atoms with Gasteiger partial charge in [0, 0.05) is 18.9 Å². The summed E-state index contributed by atoms with van der Waals surface area (Å²) >= 11 is 5.14. The normalized spacial score (nSPS) is 13.0. The lowest BCUT2D eigenvalue weighted by Gasteiger charge is -2.15. The van der Waals surface area contributed by atoms with E-state index in [1.54, 1.807) is 0 Å². The van der Waals surface area contributed by atoms with Gasteiger partial charge in [-0.3, -0.25) is 0 Å². The Morgan fingerprint density at radius 3 is 2.43 bits per heavy atom. The third kappa shape index (κ3) is 3.43. The maximum Gasteiger partial charge on any atom is 0.110 e. The van der Waals surface area contributed by atoms with Crippen molar-refractivity contribution < 1.29 is 0 Å². The van der Waals surface area contributed by atoms with E-state index in [1.807, 2.05) is 0 Å². The molecular weight excluding hydrogens is 278 g/mol. The summed E-state index contributed by atoms with van der Waals surface area (Å²) < 4.78 is 2.30. The maximum absolute atomic E-state index is 5.80. The van der Waals surface area contributed by atoms with Gasteiger partial charge in [0.1, 0.15) is 5.82 Å². The number of aromatic nitrogens is 2. The number of imidazole rings is 1. The van der Waals surface area contributed by atoms with Crippen LogP contribution in [0.2, 0.25) is 0 Å². The molecule has 1 aromatic heterocycles. The number of thiocarbonyl (C=S) groups is 1. The van der Waals surface area contributed by atoms with Gasteiger partial charge in [0.05, 0.1) is 16.0 Å². The Balaban J connectivity index is 2.56. The summed E-state index contributed by atoms with van der Waals surface area (Å²) in [5.74, 6) is 1.88. The molecule has 3 nitrogen and oxygen atoms in total. The number of nitrogens with zero attached hydrogens (tertiary/aromatic N) is 2. The van der Waals surface area contributed by atoms with Crippen LogP contribution in [0.4, 0.5) is 0 Å². The summed E-state index contributed by atoms with van der Waals surface area (Å²) in [6.07, 6.45) is 0.969. The fraction of sp³-hybridized carbons (Fsp3) is 0.529. The van der Waals surface area contributed by atoms with Crippen LogP contribution in [0, 0.1) is 25.7 Å². The Morgan fingerprint density at radius 2 is 1.86 bits per heavy atom. The molecule has 2 rings (SSSR count). The summed E-state index contributed by atoms with van der Waals surface area (Å²) in [6.45, 7) is 11.6. The molecule has 4 heteroatoms. The van der Waals surface area contributed by atoms with Crippen molar-refractivity contribution in [3.8, 4) is 0 Å². The van der Waals surface area contributed by atoms with Crippen molar-refractivity contribution in [1.82, 2.24) is 9.55 Å². The zero-order valence-electron chi connectivity index (χ0n) is 13.6. The Kier molecular flexibility index (Phi) is 4.67. The summed E-state index contributed by atoms with van der Waals surface area (Å²) in [5, 5.41) is 0. The van der Waals surface area contributed by atoms with Crippen molar-refractivity contribution in [1.29, 1.82) is 0 Å². The molecule has 0 aliphatic rings. The smallest absolute Gasteiger partial charge is 0.110 e. The van der Waals surface area contributed by atoms with Crippen LogP contribution >= 0.6 is 12.2 Å². The monoisotopic (exact) mass is 303 g/mol. The summed E-state index contributed by atoms with van der Waals surface area (Å²) in [6, 6.07) is 4.41. The van der Waals surface area contributed by atoms with E-state index < -0.39 is 0 Å². The van der Waals surface area contributed by atoms with Gasteiger partial charge < -0.3 is 10.3 Å². The van der Waals surface area contributed by atoms with E-state index in [0.29, 0.717) is 10.9 Å². The lowest BCUT2D eigenvalue weighted by molar-refractivity contribution is 0.545. The molecule has 1 unspecified atom stereocenters. The van der Waals surface area contributed by atoms with Gasteiger partial charge in [0.2, 0.25) is 0 Å². The number of nitrogens with two attached hydrogens (primary N) is 1. The first-order valence-corrected chi connectivity index (χ1v) is 7.96. The number of aryl methyl sites for hydroxylation is 2. The van der Waals surface area contributed by atoms with Crippen LogP contribution in [-0.2, 0) is 13.0 Å².